The van der Waals surface area contributed by atoms with Gasteiger partial charge >= 0.3 is 0 Å². The maximum Gasteiger partial charge on any atom is 0.185 e. The summed E-state index contributed by atoms with van der Waals surface area (Å²) in [5.74, 6) is 0.757. The number of phenols is 1. The number of benzene rings is 1. The minimum Gasteiger partial charge on any atom is -0.507 e. The highest BCUT2D eigenvalue weighted by Crippen LogP contribution is 2.43. The van der Waals surface area contributed by atoms with Gasteiger partial charge in [0.05, 0.1) is 24.0 Å². The summed E-state index contributed by atoms with van der Waals surface area (Å²) in [4.78, 5) is 11.0. The molecule has 0 unspecified atom stereocenters. The number of alkyl halides is 1. The van der Waals surface area contributed by atoms with Gasteiger partial charge in [-0.3, -0.25) is 0 Å². The van der Waals surface area contributed by atoms with Gasteiger partial charge in [0.25, 0.3) is 0 Å². The minimum atomic E-state index is -1.05. The van der Waals surface area contributed by atoms with Crippen molar-refractivity contribution in [2.24, 2.45) is 0 Å². The highest BCUT2D eigenvalue weighted by atomic mass is 32.1. The minimum absolute atomic E-state index is 0.00929. The van der Waals surface area contributed by atoms with E-state index in [4.69, 9.17) is 5.26 Å². The first-order chi connectivity index (χ1) is 16.2. The Morgan fingerprint density at radius 3 is 2.74 bits per heavy atom. The zero-order chi connectivity index (χ0) is 24.1. The van der Waals surface area contributed by atoms with Crippen LogP contribution in [0.5, 0.6) is 5.75 Å². The van der Waals surface area contributed by atoms with Gasteiger partial charge in [-0.1, -0.05) is 6.07 Å². The number of phenolic OH excluding ortho intramolecular Hbond substituents is 1. The molecule has 2 N–H and O–H groups in total. The molecular formula is C24H26FN7OS. The SMILES string of the molecule is CN(c1cnc(-c2ccc(-c3ncc(C#N)s3)cc2O)nn1)[C@@H]1C[C@@]2(C)CCC[C@](C)(N2)[C@@H]1F. The largest absolute Gasteiger partial charge is 0.507 e. The Morgan fingerprint density at radius 2 is 2.06 bits per heavy atom. The number of halogens is 1. The normalized spacial score (nSPS) is 28.3. The van der Waals surface area contributed by atoms with E-state index in [1.165, 1.54) is 17.5 Å². The third-order valence-electron chi connectivity index (χ3n) is 7.13. The highest BCUT2D eigenvalue weighted by Gasteiger charge is 2.53. The van der Waals surface area contributed by atoms with Crippen LogP contribution in [-0.2, 0) is 0 Å². The molecule has 5 rings (SSSR count). The lowest BCUT2D eigenvalue weighted by molar-refractivity contribution is 0.00193. The van der Waals surface area contributed by atoms with Crippen LogP contribution in [0.4, 0.5) is 10.2 Å². The van der Waals surface area contributed by atoms with E-state index < -0.39 is 11.7 Å². The number of aromatic nitrogens is 4. The van der Waals surface area contributed by atoms with Gasteiger partial charge in [-0.25, -0.2) is 14.4 Å². The number of thiazole rings is 1. The van der Waals surface area contributed by atoms with Crippen LogP contribution >= 0.6 is 11.3 Å². The highest BCUT2D eigenvalue weighted by molar-refractivity contribution is 7.15. The van der Waals surface area contributed by atoms with Crippen LogP contribution < -0.4 is 10.2 Å². The Kier molecular flexibility index (Phi) is 5.49. The second-order valence-corrected chi connectivity index (χ2v) is 10.8. The molecule has 176 valence electrons. The van der Waals surface area contributed by atoms with Crippen LogP contribution in [0.1, 0.15) is 44.4 Å². The maximum absolute atomic E-state index is 15.6. The second kappa shape index (κ2) is 8.25. The molecule has 2 aromatic heterocycles. The number of nitrogens with zero attached hydrogens (tertiary/aromatic N) is 6. The summed E-state index contributed by atoms with van der Waals surface area (Å²) in [6.07, 6.45) is 5.57. The Balaban J connectivity index is 1.37. The van der Waals surface area contributed by atoms with Gasteiger partial charge in [-0.2, -0.15) is 5.26 Å². The molecule has 2 aliphatic rings. The van der Waals surface area contributed by atoms with Crippen LogP contribution in [-0.4, -0.2) is 55.6 Å². The van der Waals surface area contributed by atoms with Crippen LogP contribution in [0.2, 0.25) is 0 Å². The van der Waals surface area contributed by atoms with Crippen molar-refractivity contribution < 1.29 is 9.50 Å². The molecule has 1 aromatic carbocycles. The van der Waals surface area contributed by atoms with Gasteiger partial charge in [0.15, 0.2) is 11.6 Å². The number of nitrogens with one attached hydrogen (secondary N) is 1. The lowest BCUT2D eigenvalue weighted by Crippen LogP contribution is -2.72. The average molecular weight is 480 g/mol. The van der Waals surface area contributed by atoms with Crippen molar-refractivity contribution in [3.05, 3.63) is 35.5 Å². The van der Waals surface area contributed by atoms with Gasteiger partial charge in [0.1, 0.15) is 27.9 Å². The third kappa shape index (κ3) is 3.89. The predicted molar refractivity (Wildman–Crippen MR) is 128 cm³/mol. The molecule has 2 bridgehead atoms. The molecule has 3 aromatic rings. The second-order valence-electron chi connectivity index (χ2n) is 9.75. The fraction of sp³-hybridized carbons (Fsp3) is 0.458. The molecule has 0 spiro atoms. The molecule has 4 atom stereocenters. The number of nitriles is 1. The first-order valence-electron chi connectivity index (χ1n) is 11.3. The molecule has 0 saturated carbocycles. The quantitative estimate of drug-likeness (QED) is 0.576. The monoisotopic (exact) mass is 479 g/mol. The number of rotatable bonds is 4. The molecule has 2 saturated heterocycles. The van der Waals surface area contributed by atoms with Gasteiger partial charge in [-0.15, -0.1) is 21.5 Å². The van der Waals surface area contributed by atoms with E-state index >= 15 is 4.39 Å². The third-order valence-corrected chi connectivity index (χ3v) is 8.08. The standard InChI is InChI=1S/C24H26FN7OS/c1-23-7-4-8-24(2,31-23)20(25)17(10-23)32(3)19-13-27-21(30-29-19)16-6-5-14(9-18(16)33)22-28-12-15(11-26)34-22/h5-6,9,12-13,17,20,31,33H,4,7-8,10H2,1-3H3/t17-,20-,23-,24+/m1/s1. The number of piperidine rings is 2. The van der Waals surface area contributed by atoms with Crippen molar-refractivity contribution in [2.45, 2.75) is 62.8 Å². The van der Waals surface area contributed by atoms with E-state index in [0.29, 0.717) is 33.3 Å². The molecular weight excluding hydrogens is 453 g/mol. The van der Waals surface area contributed by atoms with Gasteiger partial charge < -0.3 is 15.3 Å². The van der Waals surface area contributed by atoms with Crippen molar-refractivity contribution >= 4 is 17.2 Å². The molecule has 4 heterocycles. The van der Waals surface area contributed by atoms with Gasteiger partial charge in [0.2, 0.25) is 0 Å². The molecule has 34 heavy (non-hydrogen) atoms. The van der Waals surface area contributed by atoms with E-state index in [0.717, 1.165) is 19.3 Å². The summed E-state index contributed by atoms with van der Waals surface area (Å²) in [5.41, 5.74) is 0.477. The molecule has 2 aliphatic heterocycles. The maximum atomic E-state index is 15.6. The first-order valence-corrected chi connectivity index (χ1v) is 12.1. The number of aromatic hydroxyl groups is 1. The number of hydrogen-bond donors (Lipinski definition) is 2. The van der Waals surface area contributed by atoms with E-state index in [2.05, 4.69) is 38.5 Å². The van der Waals surface area contributed by atoms with Crippen molar-refractivity contribution in [2.75, 3.05) is 11.9 Å². The van der Waals surface area contributed by atoms with Crippen LogP contribution in [0.15, 0.2) is 30.6 Å². The summed E-state index contributed by atoms with van der Waals surface area (Å²) >= 11 is 1.25. The van der Waals surface area contributed by atoms with E-state index in [1.807, 2.05) is 18.9 Å². The van der Waals surface area contributed by atoms with Gasteiger partial charge in [0, 0.05) is 23.7 Å². The summed E-state index contributed by atoms with van der Waals surface area (Å²) in [7, 11) is 1.84. The molecule has 8 nitrogen and oxygen atoms in total. The number of anilines is 1. The fourth-order valence-corrected chi connectivity index (χ4v) is 6.09. The lowest BCUT2D eigenvalue weighted by Gasteiger charge is -2.56. The van der Waals surface area contributed by atoms with Crippen molar-refractivity contribution in [1.29, 1.82) is 5.26 Å². The van der Waals surface area contributed by atoms with Crippen LogP contribution in [0, 0.1) is 11.3 Å². The topological polar surface area (TPSA) is 111 Å². The Morgan fingerprint density at radius 1 is 1.24 bits per heavy atom. The van der Waals surface area contributed by atoms with Gasteiger partial charge in [-0.05, 0) is 51.7 Å². The van der Waals surface area contributed by atoms with Crippen molar-refractivity contribution in [1.82, 2.24) is 25.5 Å². The molecule has 2 fully saturated rings. The lowest BCUT2D eigenvalue weighted by atomic mass is 9.68. The molecule has 10 heteroatoms. The van der Waals surface area contributed by atoms with E-state index in [-0.39, 0.29) is 23.2 Å². The number of fused-ring (bicyclic) bond motifs is 2. The molecule has 0 radical (unpaired) electrons. The fourth-order valence-electron chi connectivity index (χ4n) is 5.38. The predicted octanol–water partition coefficient (Wildman–Crippen LogP) is 4.08. The summed E-state index contributed by atoms with van der Waals surface area (Å²) < 4.78 is 15.6. The molecule has 0 aliphatic carbocycles. The Bertz CT molecular complexity index is 1260. The zero-order valence-electron chi connectivity index (χ0n) is 19.3. The van der Waals surface area contributed by atoms with Crippen LogP contribution in [0.25, 0.3) is 22.0 Å². The van der Waals surface area contributed by atoms with Crippen molar-refractivity contribution in [3.63, 3.8) is 0 Å². The van der Waals surface area contributed by atoms with E-state index in [9.17, 15) is 5.11 Å². The van der Waals surface area contributed by atoms with Crippen LogP contribution in [0.3, 0.4) is 0 Å². The molecule has 0 amide bonds. The first kappa shape index (κ1) is 22.6. The summed E-state index contributed by atoms with van der Waals surface area (Å²) in [5, 5.41) is 32.3. The van der Waals surface area contributed by atoms with Crippen molar-refractivity contribution in [3.8, 4) is 33.8 Å². The Hall–Kier alpha value is -3.16. The average Bonchev–Trinajstić information content (AvgIpc) is 3.30. The number of hydrogen-bond acceptors (Lipinski definition) is 9. The summed E-state index contributed by atoms with van der Waals surface area (Å²) in [6.45, 7) is 4.14. The van der Waals surface area contributed by atoms with E-state index in [1.54, 1.807) is 24.4 Å². The smallest absolute Gasteiger partial charge is 0.185 e. The summed E-state index contributed by atoms with van der Waals surface area (Å²) in [6, 6.07) is 6.79. The Labute approximate surface area is 201 Å². The zero-order valence-corrected chi connectivity index (χ0v) is 20.1.